The van der Waals surface area contributed by atoms with Gasteiger partial charge in [-0.05, 0) is 30.4 Å². The third-order valence-electron chi connectivity index (χ3n) is 5.93. The molecule has 3 heteroatoms. The molecule has 4 atom stereocenters. The maximum absolute atomic E-state index is 11.8. The van der Waals surface area contributed by atoms with Crippen molar-refractivity contribution in [2.75, 3.05) is 0 Å². The maximum atomic E-state index is 11.8. The zero-order valence-corrected chi connectivity index (χ0v) is 15.3. The summed E-state index contributed by atoms with van der Waals surface area (Å²) in [5.41, 5.74) is 2.56. The van der Waals surface area contributed by atoms with Crippen molar-refractivity contribution in [1.82, 2.24) is 5.32 Å². The molecule has 0 unspecified atom stereocenters. The minimum atomic E-state index is 0.0669. The molecule has 0 spiro atoms. The van der Waals surface area contributed by atoms with Crippen molar-refractivity contribution in [2.24, 2.45) is 5.92 Å². The molecule has 1 heterocycles. The number of carbonyl (C=O) groups is 1. The molecular formula is C23H27NO2. The van der Waals surface area contributed by atoms with E-state index in [1.54, 1.807) is 6.92 Å². The van der Waals surface area contributed by atoms with Crippen LogP contribution in [-0.4, -0.2) is 24.2 Å². The Hall–Kier alpha value is -2.13. The summed E-state index contributed by atoms with van der Waals surface area (Å²) in [5, 5.41) is 3.22. The van der Waals surface area contributed by atoms with Gasteiger partial charge in [0.2, 0.25) is 5.91 Å². The Morgan fingerprint density at radius 3 is 2.19 bits per heavy atom. The third kappa shape index (κ3) is 3.54. The number of hydrogen-bond acceptors (Lipinski definition) is 2. The average molecular weight is 349 g/mol. The van der Waals surface area contributed by atoms with E-state index in [2.05, 4.69) is 66.0 Å². The summed E-state index contributed by atoms with van der Waals surface area (Å²) in [6.45, 7) is 1.63. The Balaban J connectivity index is 1.67. The standard InChI is InChI=1S/C23H27NO2/c1-16(25)24-20-15-22(26-21-14-8-13-19(20)21)23(17-9-4-2-5-10-17)18-11-6-3-7-12-18/h2-7,9-12,19-23H,8,13-15H2,1H3,(H,24,25)/t19-,20+,21+,22+/m0/s1. The van der Waals surface area contributed by atoms with E-state index in [4.69, 9.17) is 4.74 Å². The average Bonchev–Trinajstić information content (AvgIpc) is 3.12. The van der Waals surface area contributed by atoms with E-state index in [0.29, 0.717) is 5.92 Å². The molecule has 1 amide bonds. The molecule has 1 N–H and O–H groups in total. The van der Waals surface area contributed by atoms with Crippen LogP contribution < -0.4 is 5.32 Å². The molecule has 2 aliphatic rings. The van der Waals surface area contributed by atoms with Crippen molar-refractivity contribution in [1.29, 1.82) is 0 Å². The van der Waals surface area contributed by atoms with Crippen molar-refractivity contribution in [2.45, 2.75) is 56.8 Å². The van der Waals surface area contributed by atoms with Crippen molar-refractivity contribution in [3.8, 4) is 0 Å². The summed E-state index contributed by atoms with van der Waals surface area (Å²) < 4.78 is 6.64. The molecule has 2 fully saturated rings. The molecule has 0 radical (unpaired) electrons. The number of fused-ring (bicyclic) bond motifs is 1. The second kappa shape index (κ2) is 7.63. The number of ether oxygens (including phenoxy) is 1. The highest BCUT2D eigenvalue weighted by atomic mass is 16.5. The summed E-state index contributed by atoms with van der Waals surface area (Å²) in [6.07, 6.45) is 4.67. The van der Waals surface area contributed by atoms with Crippen LogP contribution in [0.1, 0.15) is 49.7 Å². The summed E-state index contributed by atoms with van der Waals surface area (Å²) >= 11 is 0. The molecule has 2 aromatic carbocycles. The van der Waals surface area contributed by atoms with Crippen LogP contribution in [0.3, 0.4) is 0 Å². The van der Waals surface area contributed by atoms with Crippen LogP contribution in [0.15, 0.2) is 60.7 Å². The lowest BCUT2D eigenvalue weighted by Crippen LogP contribution is -2.51. The van der Waals surface area contributed by atoms with E-state index in [0.717, 1.165) is 19.3 Å². The van der Waals surface area contributed by atoms with Gasteiger partial charge in [0.25, 0.3) is 0 Å². The fourth-order valence-corrected chi connectivity index (χ4v) is 4.87. The maximum Gasteiger partial charge on any atom is 0.217 e. The summed E-state index contributed by atoms with van der Waals surface area (Å²) in [4.78, 5) is 11.8. The predicted octanol–water partition coefficient (Wildman–Crippen LogP) is 4.28. The van der Waals surface area contributed by atoms with Crippen molar-refractivity contribution in [3.05, 3.63) is 71.8 Å². The highest BCUT2D eigenvalue weighted by Gasteiger charge is 2.44. The number of amides is 1. The van der Waals surface area contributed by atoms with Gasteiger partial charge in [0.1, 0.15) is 0 Å². The fraction of sp³-hybridized carbons (Fsp3) is 0.435. The van der Waals surface area contributed by atoms with Crippen molar-refractivity contribution in [3.63, 3.8) is 0 Å². The van der Waals surface area contributed by atoms with Crippen LogP contribution in [0.25, 0.3) is 0 Å². The first kappa shape index (κ1) is 17.3. The number of rotatable bonds is 4. The van der Waals surface area contributed by atoms with Gasteiger partial charge >= 0.3 is 0 Å². The molecular weight excluding hydrogens is 322 g/mol. The summed E-state index contributed by atoms with van der Waals surface area (Å²) in [6, 6.07) is 21.5. The first-order valence-corrected chi connectivity index (χ1v) is 9.75. The highest BCUT2D eigenvalue weighted by molar-refractivity contribution is 5.73. The third-order valence-corrected chi connectivity index (χ3v) is 5.93. The quantitative estimate of drug-likeness (QED) is 0.895. The second-order valence-corrected chi connectivity index (χ2v) is 7.65. The van der Waals surface area contributed by atoms with Crippen molar-refractivity contribution >= 4 is 5.91 Å². The van der Waals surface area contributed by atoms with Crippen LogP contribution in [0.2, 0.25) is 0 Å². The number of nitrogens with one attached hydrogen (secondary N) is 1. The fourth-order valence-electron chi connectivity index (χ4n) is 4.87. The van der Waals surface area contributed by atoms with Gasteiger partial charge in [-0.1, -0.05) is 67.1 Å². The molecule has 1 aliphatic heterocycles. The Morgan fingerprint density at radius 2 is 1.62 bits per heavy atom. The molecule has 136 valence electrons. The largest absolute Gasteiger partial charge is 0.374 e. The zero-order valence-electron chi connectivity index (χ0n) is 15.3. The van der Waals surface area contributed by atoms with E-state index in [9.17, 15) is 4.79 Å². The second-order valence-electron chi connectivity index (χ2n) is 7.65. The van der Waals surface area contributed by atoms with Crippen molar-refractivity contribution < 1.29 is 9.53 Å². The molecule has 1 aliphatic carbocycles. The SMILES string of the molecule is CC(=O)N[C@@H]1C[C@H](C(c2ccccc2)c2ccccc2)O[C@@H]2CCC[C@@H]12. The van der Waals surface area contributed by atoms with Crippen LogP contribution in [0.4, 0.5) is 0 Å². The van der Waals surface area contributed by atoms with Gasteiger partial charge in [-0.2, -0.15) is 0 Å². The highest BCUT2D eigenvalue weighted by Crippen LogP contribution is 2.43. The molecule has 0 aromatic heterocycles. The van der Waals surface area contributed by atoms with Crippen LogP contribution in [0.5, 0.6) is 0 Å². The normalized spacial score (nSPS) is 27.9. The molecule has 3 nitrogen and oxygen atoms in total. The Morgan fingerprint density at radius 1 is 1.00 bits per heavy atom. The number of carbonyl (C=O) groups excluding carboxylic acids is 1. The molecule has 0 bridgehead atoms. The first-order valence-electron chi connectivity index (χ1n) is 9.75. The van der Waals surface area contributed by atoms with Crippen LogP contribution >= 0.6 is 0 Å². The Kier molecular flexibility index (Phi) is 5.07. The minimum absolute atomic E-state index is 0.0669. The minimum Gasteiger partial charge on any atom is -0.374 e. The van der Waals surface area contributed by atoms with E-state index < -0.39 is 0 Å². The number of hydrogen-bond donors (Lipinski definition) is 1. The van der Waals surface area contributed by atoms with E-state index >= 15 is 0 Å². The van der Waals surface area contributed by atoms with E-state index in [1.165, 1.54) is 17.5 Å². The van der Waals surface area contributed by atoms with E-state index in [-0.39, 0.29) is 30.1 Å². The lowest BCUT2D eigenvalue weighted by atomic mass is 9.79. The summed E-state index contributed by atoms with van der Waals surface area (Å²) in [7, 11) is 0. The lowest BCUT2D eigenvalue weighted by molar-refractivity contribution is -0.125. The Bertz CT molecular complexity index is 691. The van der Waals surface area contributed by atoms with Crippen LogP contribution in [0, 0.1) is 5.92 Å². The molecule has 1 saturated heterocycles. The topological polar surface area (TPSA) is 38.3 Å². The zero-order chi connectivity index (χ0) is 17.9. The van der Waals surface area contributed by atoms with Gasteiger partial charge in [-0.25, -0.2) is 0 Å². The van der Waals surface area contributed by atoms with Gasteiger partial charge in [0.05, 0.1) is 12.2 Å². The van der Waals surface area contributed by atoms with Gasteiger partial charge in [-0.15, -0.1) is 0 Å². The van der Waals surface area contributed by atoms with Gasteiger partial charge in [-0.3, -0.25) is 4.79 Å². The first-order chi connectivity index (χ1) is 12.7. The number of benzene rings is 2. The summed E-state index contributed by atoms with van der Waals surface area (Å²) in [5.74, 6) is 0.717. The predicted molar refractivity (Wildman–Crippen MR) is 103 cm³/mol. The molecule has 2 aromatic rings. The molecule has 1 saturated carbocycles. The van der Waals surface area contributed by atoms with Gasteiger partial charge in [0, 0.05) is 24.8 Å². The lowest BCUT2D eigenvalue weighted by Gasteiger charge is -2.42. The Labute approximate surface area is 155 Å². The molecule has 4 rings (SSSR count). The molecule has 26 heavy (non-hydrogen) atoms. The van der Waals surface area contributed by atoms with Crippen LogP contribution in [-0.2, 0) is 9.53 Å². The van der Waals surface area contributed by atoms with Gasteiger partial charge in [0.15, 0.2) is 0 Å². The van der Waals surface area contributed by atoms with Gasteiger partial charge < -0.3 is 10.1 Å². The monoisotopic (exact) mass is 349 g/mol. The van der Waals surface area contributed by atoms with E-state index in [1.807, 2.05) is 0 Å². The smallest absolute Gasteiger partial charge is 0.217 e.